The second-order valence-electron chi connectivity index (χ2n) is 8.88. The summed E-state index contributed by atoms with van der Waals surface area (Å²) in [5.74, 6) is 1.23. The van der Waals surface area contributed by atoms with Gasteiger partial charge in [0.25, 0.3) is 0 Å². The SMILES string of the molecule is Nc1nc(NC2CC2)c2ncn(C[C@@H]3C[C@H](CO)c4nn(Cc5ccccc5)cc43)c2n1. The van der Waals surface area contributed by atoms with Crippen molar-refractivity contribution in [3.8, 4) is 0 Å². The first-order valence-corrected chi connectivity index (χ1v) is 11.1. The lowest BCUT2D eigenvalue weighted by atomic mass is 10.0. The predicted octanol–water partition coefficient (Wildman–Crippen LogP) is 2.49. The van der Waals surface area contributed by atoms with E-state index in [9.17, 15) is 5.11 Å². The van der Waals surface area contributed by atoms with E-state index >= 15 is 0 Å². The van der Waals surface area contributed by atoms with E-state index in [4.69, 9.17) is 10.8 Å². The van der Waals surface area contributed by atoms with Gasteiger partial charge in [-0.15, -0.1) is 0 Å². The maximum Gasteiger partial charge on any atom is 0.224 e. The van der Waals surface area contributed by atoms with Crippen molar-refractivity contribution >= 4 is 22.9 Å². The number of imidazole rings is 1. The molecule has 0 saturated heterocycles. The first-order chi connectivity index (χ1) is 15.7. The van der Waals surface area contributed by atoms with E-state index in [-0.39, 0.29) is 24.4 Å². The van der Waals surface area contributed by atoms with Crippen molar-refractivity contribution in [1.82, 2.24) is 29.3 Å². The smallest absolute Gasteiger partial charge is 0.224 e. The zero-order valence-corrected chi connectivity index (χ0v) is 17.7. The van der Waals surface area contributed by atoms with E-state index in [0.717, 1.165) is 36.1 Å². The first-order valence-electron chi connectivity index (χ1n) is 11.1. The molecule has 2 aliphatic carbocycles. The quantitative estimate of drug-likeness (QED) is 0.412. The highest BCUT2D eigenvalue weighted by molar-refractivity contribution is 5.84. The van der Waals surface area contributed by atoms with E-state index in [1.54, 1.807) is 0 Å². The number of anilines is 2. The maximum atomic E-state index is 9.98. The average molecular weight is 431 g/mol. The lowest BCUT2D eigenvalue weighted by Crippen LogP contribution is -2.11. The number of nitrogens with two attached hydrogens (primary N) is 1. The molecule has 0 amide bonds. The molecule has 164 valence electrons. The summed E-state index contributed by atoms with van der Waals surface area (Å²) in [6, 6.07) is 10.7. The summed E-state index contributed by atoms with van der Waals surface area (Å²) in [4.78, 5) is 13.4. The topological polar surface area (TPSA) is 120 Å². The van der Waals surface area contributed by atoms with Gasteiger partial charge in [0.1, 0.15) is 0 Å². The molecule has 9 nitrogen and oxygen atoms in total. The van der Waals surface area contributed by atoms with Gasteiger partial charge in [0, 0.05) is 30.6 Å². The lowest BCUT2D eigenvalue weighted by molar-refractivity contribution is 0.256. The van der Waals surface area contributed by atoms with Crippen LogP contribution in [0.2, 0.25) is 0 Å². The molecule has 2 atom stereocenters. The van der Waals surface area contributed by atoms with Crippen molar-refractivity contribution in [2.45, 2.75) is 50.2 Å². The monoisotopic (exact) mass is 430 g/mol. The molecule has 3 heterocycles. The first kappa shape index (κ1) is 19.2. The molecule has 32 heavy (non-hydrogen) atoms. The average Bonchev–Trinajstić information content (AvgIpc) is 3.23. The number of nitrogens with zero attached hydrogens (tertiary/aromatic N) is 6. The van der Waals surface area contributed by atoms with Gasteiger partial charge in [-0.1, -0.05) is 30.3 Å². The number of nitrogen functional groups attached to an aromatic ring is 1. The summed E-state index contributed by atoms with van der Waals surface area (Å²) in [5, 5.41) is 18.2. The highest BCUT2D eigenvalue weighted by atomic mass is 16.3. The number of nitrogens with one attached hydrogen (secondary N) is 1. The van der Waals surface area contributed by atoms with Crippen LogP contribution in [0.3, 0.4) is 0 Å². The second kappa shape index (κ2) is 7.59. The Morgan fingerprint density at radius 3 is 2.75 bits per heavy atom. The van der Waals surface area contributed by atoms with Crippen molar-refractivity contribution in [1.29, 1.82) is 0 Å². The molecule has 1 saturated carbocycles. The molecule has 9 heteroatoms. The van der Waals surface area contributed by atoms with Crippen LogP contribution in [0.5, 0.6) is 0 Å². The Hall–Kier alpha value is -3.46. The molecular weight excluding hydrogens is 404 g/mol. The fourth-order valence-electron chi connectivity index (χ4n) is 4.70. The van der Waals surface area contributed by atoms with E-state index in [1.807, 2.05) is 33.8 Å². The van der Waals surface area contributed by atoms with E-state index in [1.165, 1.54) is 11.1 Å². The van der Waals surface area contributed by atoms with Crippen LogP contribution in [-0.4, -0.2) is 47.1 Å². The van der Waals surface area contributed by atoms with Crippen molar-refractivity contribution in [3.63, 3.8) is 0 Å². The minimum absolute atomic E-state index is 0.0496. The molecule has 1 fully saturated rings. The summed E-state index contributed by atoms with van der Waals surface area (Å²) in [6.07, 6.45) is 7.09. The van der Waals surface area contributed by atoms with Crippen LogP contribution in [0.1, 0.15) is 47.9 Å². The Morgan fingerprint density at radius 2 is 1.97 bits per heavy atom. The normalized spacial score (nSPS) is 20.0. The molecule has 0 unspecified atom stereocenters. The van der Waals surface area contributed by atoms with Gasteiger partial charge < -0.3 is 20.7 Å². The molecule has 0 radical (unpaired) electrons. The highest BCUT2D eigenvalue weighted by Gasteiger charge is 2.34. The maximum absolute atomic E-state index is 9.98. The minimum atomic E-state index is 0.0496. The van der Waals surface area contributed by atoms with Gasteiger partial charge in [-0.05, 0) is 30.4 Å². The Morgan fingerprint density at radius 1 is 1.12 bits per heavy atom. The van der Waals surface area contributed by atoms with E-state index < -0.39 is 0 Å². The summed E-state index contributed by atoms with van der Waals surface area (Å²) in [5.41, 5.74) is 10.9. The number of aromatic nitrogens is 6. The molecule has 0 bridgehead atoms. The molecule has 3 aromatic heterocycles. The van der Waals surface area contributed by atoms with E-state index in [0.29, 0.717) is 24.9 Å². The fourth-order valence-corrected chi connectivity index (χ4v) is 4.70. The largest absolute Gasteiger partial charge is 0.396 e. The van der Waals surface area contributed by atoms with Crippen LogP contribution in [0.15, 0.2) is 42.9 Å². The van der Waals surface area contributed by atoms with Crippen molar-refractivity contribution in [2.75, 3.05) is 17.7 Å². The molecule has 2 aliphatic rings. The summed E-state index contributed by atoms with van der Waals surface area (Å²) in [6.45, 7) is 1.52. The Balaban J connectivity index is 1.30. The molecule has 0 spiro atoms. The third-order valence-corrected chi connectivity index (χ3v) is 6.44. The zero-order chi connectivity index (χ0) is 21.7. The second-order valence-corrected chi connectivity index (χ2v) is 8.88. The number of rotatable bonds is 7. The fraction of sp³-hybridized carbons (Fsp3) is 0.391. The van der Waals surface area contributed by atoms with Crippen LogP contribution in [0.25, 0.3) is 11.2 Å². The molecule has 4 N–H and O–H groups in total. The lowest BCUT2D eigenvalue weighted by Gasteiger charge is -2.14. The number of aliphatic hydroxyl groups is 1. The minimum Gasteiger partial charge on any atom is -0.396 e. The third-order valence-electron chi connectivity index (χ3n) is 6.44. The van der Waals surface area contributed by atoms with Crippen LogP contribution in [0, 0.1) is 0 Å². The van der Waals surface area contributed by atoms with Gasteiger partial charge in [0.2, 0.25) is 5.95 Å². The van der Waals surface area contributed by atoms with E-state index in [2.05, 4.69) is 38.6 Å². The molecular formula is C23H26N8O. The molecule has 0 aliphatic heterocycles. The third kappa shape index (κ3) is 3.48. The van der Waals surface area contributed by atoms with Gasteiger partial charge >= 0.3 is 0 Å². The van der Waals surface area contributed by atoms with Crippen LogP contribution in [-0.2, 0) is 13.1 Å². The number of benzene rings is 1. The number of fused-ring (bicyclic) bond motifs is 2. The highest BCUT2D eigenvalue weighted by Crippen LogP contribution is 2.42. The van der Waals surface area contributed by atoms with Crippen molar-refractivity contribution in [2.24, 2.45) is 0 Å². The van der Waals surface area contributed by atoms with Crippen LogP contribution < -0.4 is 11.1 Å². The number of hydrogen-bond donors (Lipinski definition) is 3. The zero-order valence-electron chi connectivity index (χ0n) is 17.7. The van der Waals surface area contributed by atoms with Gasteiger partial charge in [0.15, 0.2) is 17.0 Å². The number of hydrogen-bond acceptors (Lipinski definition) is 7. The summed E-state index contributed by atoms with van der Waals surface area (Å²) in [7, 11) is 0. The molecule has 1 aromatic carbocycles. The predicted molar refractivity (Wildman–Crippen MR) is 121 cm³/mol. The summed E-state index contributed by atoms with van der Waals surface area (Å²) >= 11 is 0. The molecule has 4 aromatic rings. The van der Waals surface area contributed by atoms with Gasteiger partial charge in [0.05, 0.1) is 25.2 Å². The Labute approximate surface area is 185 Å². The van der Waals surface area contributed by atoms with Gasteiger partial charge in [-0.25, -0.2) is 4.98 Å². The van der Waals surface area contributed by atoms with Gasteiger partial charge in [-0.2, -0.15) is 15.1 Å². The van der Waals surface area contributed by atoms with Crippen LogP contribution in [0.4, 0.5) is 11.8 Å². The van der Waals surface area contributed by atoms with Crippen LogP contribution >= 0.6 is 0 Å². The van der Waals surface area contributed by atoms with Crippen molar-refractivity contribution in [3.05, 3.63) is 59.7 Å². The standard InChI is InChI=1S/C23H26N8O/c24-23-27-21(26-17-6-7-17)20-22(28-23)30(13-25-20)10-15-8-16(12-32)19-18(15)11-31(29-19)9-14-4-2-1-3-5-14/h1-5,11,13,15-17,32H,6-10,12H2,(H3,24,26,27,28)/t15-,16+/m0/s1. The number of aliphatic hydroxyl groups excluding tert-OH is 1. The summed E-state index contributed by atoms with van der Waals surface area (Å²) < 4.78 is 4.03. The Kier molecular flexibility index (Phi) is 4.57. The molecule has 6 rings (SSSR count). The Bertz CT molecular complexity index is 1260. The van der Waals surface area contributed by atoms with Crippen molar-refractivity contribution < 1.29 is 5.11 Å². The van der Waals surface area contributed by atoms with Gasteiger partial charge in [-0.3, -0.25) is 4.68 Å².